The van der Waals surface area contributed by atoms with Crippen molar-refractivity contribution in [1.82, 2.24) is 29.4 Å². The number of rotatable bonds is 4. The number of nitrogens with zero attached hydrogens (tertiary/aromatic N) is 6. The standard InChI is InChI=1S/C20H18N6O3S2/c27-20(19-18(7-12-30-19)26-14-21-22-23-26)24-8-10-25(11-9-24)31(28,29)17-6-5-15-3-1-2-4-16(15)13-17/h1-7,12-14H,8-11H2. The number of hydrogen-bond acceptors (Lipinski definition) is 7. The highest BCUT2D eigenvalue weighted by atomic mass is 32.2. The zero-order chi connectivity index (χ0) is 21.4. The summed E-state index contributed by atoms with van der Waals surface area (Å²) in [6.45, 7) is 1.12. The number of piperazine rings is 1. The van der Waals surface area contributed by atoms with E-state index in [2.05, 4.69) is 15.5 Å². The third-order valence-electron chi connectivity index (χ3n) is 5.32. The van der Waals surface area contributed by atoms with Crippen molar-refractivity contribution in [3.05, 3.63) is 65.1 Å². The molecule has 2 aromatic heterocycles. The quantitative estimate of drug-likeness (QED) is 0.468. The van der Waals surface area contributed by atoms with E-state index in [1.54, 1.807) is 23.1 Å². The predicted molar refractivity (Wildman–Crippen MR) is 116 cm³/mol. The first-order chi connectivity index (χ1) is 15.0. The Morgan fingerprint density at radius 1 is 0.968 bits per heavy atom. The van der Waals surface area contributed by atoms with Crippen molar-refractivity contribution in [2.75, 3.05) is 26.2 Å². The minimum atomic E-state index is -3.63. The van der Waals surface area contributed by atoms with Gasteiger partial charge in [-0.1, -0.05) is 30.3 Å². The molecule has 0 aliphatic carbocycles. The van der Waals surface area contributed by atoms with Gasteiger partial charge in [-0.05, 0) is 44.8 Å². The van der Waals surface area contributed by atoms with Gasteiger partial charge in [0, 0.05) is 26.2 Å². The fraction of sp³-hybridized carbons (Fsp3) is 0.200. The SMILES string of the molecule is O=C(c1sccc1-n1cnnn1)N1CCN(S(=O)(=O)c2ccc3ccccc3c2)CC1. The third-order valence-corrected chi connectivity index (χ3v) is 8.11. The molecule has 1 amide bonds. The van der Waals surface area contributed by atoms with E-state index >= 15 is 0 Å². The van der Waals surface area contributed by atoms with Gasteiger partial charge in [-0.3, -0.25) is 4.79 Å². The number of carbonyl (C=O) groups excluding carboxylic acids is 1. The maximum Gasteiger partial charge on any atom is 0.266 e. The van der Waals surface area contributed by atoms with Gasteiger partial charge in [0.2, 0.25) is 10.0 Å². The molecule has 1 aliphatic rings. The van der Waals surface area contributed by atoms with Crippen molar-refractivity contribution < 1.29 is 13.2 Å². The Bertz CT molecular complexity index is 1340. The Morgan fingerprint density at radius 3 is 2.48 bits per heavy atom. The number of fused-ring (bicyclic) bond motifs is 1. The largest absolute Gasteiger partial charge is 0.335 e. The molecule has 0 bridgehead atoms. The van der Waals surface area contributed by atoms with Crippen LogP contribution in [0.1, 0.15) is 9.67 Å². The summed E-state index contributed by atoms with van der Waals surface area (Å²) < 4.78 is 29.2. The van der Waals surface area contributed by atoms with Crippen LogP contribution in [0.15, 0.2) is 65.1 Å². The summed E-state index contributed by atoms with van der Waals surface area (Å²) in [5.41, 5.74) is 0.617. The van der Waals surface area contributed by atoms with Crippen molar-refractivity contribution in [2.45, 2.75) is 4.90 Å². The van der Waals surface area contributed by atoms with Crippen molar-refractivity contribution in [3.8, 4) is 5.69 Å². The van der Waals surface area contributed by atoms with E-state index in [9.17, 15) is 13.2 Å². The van der Waals surface area contributed by atoms with Crippen LogP contribution >= 0.6 is 11.3 Å². The summed E-state index contributed by atoms with van der Waals surface area (Å²) in [7, 11) is -3.63. The first kappa shape index (κ1) is 19.8. The van der Waals surface area contributed by atoms with E-state index in [4.69, 9.17) is 0 Å². The number of tetrazole rings is 1. The number of sulfonamides is 1. The molecule has 11 heteroatoms. The lowest BCUT2D eigenvalue weighted by Crippen LogP contribution is -2.50. The molecule has 0 unspecified atom stereocenters. The van der Waals surface area contributed by atoms with Gasteiger partial charge in [0.15, 0.2) is 0 Å². The number of carbonyl (C=O) groups is 1. The molecule has 0 radical (unpaired) electrons. The Balaban J connectivity index is 1.32. The second-order valence-corrected chi connectivity index (χ2v) is 9.95. The Kier molecular flexibility index (Phi) is 5.00. The van der Waals surface area contributed by atoms with Gasteiger partial charge in [-0.2, -0.15) is 8.99 Å². The lowest BCUT2D eigenvalue weighted by Gasteiger charge is -2.34. The topological polar surface area (TPSA) is 101 Å². The predicted octanol–water partition coefficient (Wildman–Crippen LogP) is 2.02. The van der Waals surface area contributed by atoms with Gasteiger partial charge in [0.1, 0.15) is 11.2 Å². The molecule has 9 nitrogen and oxygen atoms in total. The summed E-state index contributed by atoms with van der Waals surface area (Å²) in [6, 6.07) is 14.6. The molecule has 5 rings (SSSR count). The maximum atomic E-state index is 13.1. The number of amides is 1. The van der Waals surface area contributed by atoms with Gasteiger partial charge >= 0.3 is 0 Å². The zero-order valence-electron chi connectivity index (χ0n) is 16.3. The van der Waals surface area contributed by atoms with Gasteiger partial charge in [-0.25, -0.2) is 8.42 Å². The molecule has 1 fully saturated rings. The molecular weight excluding hydrogens is 436 g/mol. The second kappa shape index (κ2) is 7.84. The van der Waals surface area contributed by atoms with E-state index in [-0.39, 0.29) is 23.9 Å². The highest BCUT2D eigenvalue weighted by molar-refractivity contribution is 7.89. The summed E-state index contributed by atoms with van der Waals surface area (Å²) in [4.78, 5) is 15.5. The van der Waals surface area contributed by atoms with Gasteiger partial charge in [0.25, 0.3) is 5.91 Å². The van der Waals surface area contributed by atoms with Gasteiger partial charge < -0.3 is 4.90 Å². The average molecular weight is 455 g/mol. The second-order valence-electron chi connectivity index (χ2n) is 7.09. The number of hydrogen-bond donors (Lipinski definition) is 0. The highest BCUT2D eigenvalue weighted by Gasteiger charge is 2.31. The number of thiophene rings is 1. The van der Waals surface area contributed by atoms with Crippen LogP contribution in [0.2, 0.25) is 0 Å². The molecule has 158 valence electrons. The van der Waals surface area contributed by atoms with Crippen molar-refractivity contribution >= 4 is 38.0 Å². The number of benzene rings is 2. The van der Waals surface area contributed by atoms with Crippen molar-refractivity contribution in [2.24, 2.45) is 0 Å². The molecule has 0 atom stereocenters. The van der Waals surface area contributed by atoms with E-state index in [0.717, 1.165) is 10.8 Å². The van der Waals surface area contributed by atoms with Crippen LogP contribution in [0, 0.1) is 0 Å². The molecule has 1 aliphatic heterocycles. The molecule has 2 aromatic carbocycles. The third kappa shape index (κ3) is 3.60. The first-order valence-electron chi connectivity index (χ1n) is 9.63. The van der Waals surface area contributed by atoms with Crippen molar-refractivity contribution in [1.29, 1.82) is 0 Å². The summed E-state index contributed by atoms with van der Waals surface area (Å²) in [5, 5.41) is 14.8. The van der Waals surface area contributed by atoms with Gasteiger partial charge in [-0.15, -0.1) is 16.4 Å². The minimum absolute atomic E-state index is 0.150. The molecule has 0 spiro atoms. The Morgan fingerprint density at radius 2 is 1.74 bits per heavy atom. The summed E-state index contributed by atoms with van der Waals surface area (Å²) in [5.74, 6) is -0.150. The highest BCUT2D eigenvalue weighted by Crippen LogP contribution is 2.25. The molecule has 0 N–H and O–H groups in total. The van der Waals surface area contributed by atoms with Crippen LogP contribution in [0.5, 0.6) is 0 Å². The number of aromatic nitrogens is 4. The van der Waals surface area contributed by atoms with Crippen molar-refractivity contribution in [3.63, 3.8) is 0 Å². The first-order valence-corrected chi connectivity index (χ1v) is 11.9. The summed E-state index contributed by atoms with van der Waals surface area (Å²) in [6.07, 6.45) is 1.44. The maximum absolute atomic E-state index is 13.1. The van der Waals surface area contributed by atoms with Crippen LogP contribution < -0.4 is 0 Å². The molecule has 3 heterocycles. The van der Waals surface area contributed by atoms with E-state index in [0.29, 0.717) is 23.7 Å². The minimum Gasteiger partial charge on any atom is -0.335 e. The lowest BCUT2D eigenvalue weighted by molar-refractivity contribution is 0.0702. The van der Waals surface area contributed by atoms with Crippen LogP contribution in [0.3, 0.4) is 0 Å². The molecule has 31 heavy (non-hydrogen) atoms. The van der Waals surface area contributed by atoms with Crippen LogP contribution in [0.25, 0.3) is 16.5 Å². The van der Waals surface area contributed by atoms with Crippen LogP contribution in [-0.2, 0) is 10.0 Å². The van der Waals surface area contributed by atoms with Crippen LogP contribution in [-0.4, -0.2) is 69.9 Å². The zero-order valence-corrected chi connectivity index (χ0v) is 18.0. The smallest absolute Gasteiger partial charge is 0.266 e. The van der Waals surface area contributed by atoms with E-state index in [1.807, 2.05) is 35.7 Å². The fourth-order valence-corrected chi connectivity index (χ4v) is 5.97. The van der Waals surface area contributed by atoms with Gasteiger partial charge in [0.05, 0.1) is 10.6 Å². The monoisotopic (exact) mass is 454 g/mol. The average Bonchev–Trinajstić information content (AvgIpc) is 3.50. The van der Waals surface area contributed by atoms with Crippen LogP contribution in [0.4, 0.5) is 0 Å². The Labute approximate surface area is 182 Å². The molecule has 1 saturated heterocycles. The summed E-state index contributed by atoms with van der Waals surface area (Å²) >= 11 is 1.31. The molecule has 0 saturated carbocycles. The molecule has 4 aromatic rings. The van der Waals surface area contributed by atoms with E-state index in [1.165, 1.54) is 26.7 Å². The fourth-order valence-electron chi connectivity index (χ4n) is 3.67. The van der Waals surface area contributed by atoms with E-state index < -0.39 is 10.0 Å². The molecular formula is C20H18N6O3S2. The Hall–Kier alpha value is -3.15. The lowest BCUT2D eigenvalue weighted by atomic mass is 10.1. The normalized spacial score (nSPS) is 15.4.